The van der Waals surface area contributed by atoms with Crippen LogP contribution in [-0.4, -0.2) is 35.3 Å². The molecule has 4 N–H and O–H groups in total. The Bertz CT molecular complexity index is 980. The number of aryl methyl sites for hydroxylation is 2. The van der Waals surface area contributed by atoms with Crippen LogP contribution in [0.5, 0.6) is 0 Å². The van der Waals surface area contributed by atoms with Gasteiger partial charge in [0.05, 0.1) is 17.3 Å². The van der Waals surface area contributed by atoms with Crippen molar-refractivity contribution in [3.8, 4) is 0 Å². The Morgan fingerprint density at radius 3 is 2.78 bits per heavy atom. The highest BCUT2D eigenvalue weighted by Gasteiger charge is 2.36. The fourth-order valence-electron chi connectivity index (χ4n) is 3.02. The number of amides is 3. The molecule has 3 amide bonds. The molecule has 1 aromatic carbocycles. The van der Waals surface area contributed by atoms with Gasteiger partial charge in [-0.05, 0) is 44.5 Å². The van der Waals surface area contributed by atoms with Crippen molar-refractivity contribution in [3.05, 3.63) is 52.8 Å². The van der Waals surface area contributed by atoms with E-state index in [-0.39, 0.29) is 6.54 Å². The average molecular weight is 368 g/mol. The van der Waals surface area contributed by atoms with Crippen LogP contribution in [0, 0.1) is 13.8 Å². The van der Waals surface area contributed by atoms with E-state index < -0.39 is 30.7 Å². The Labute approximate surface area is 158 Å². The van der Waals surface area contributed by atoms with E-state index in [0.717, 1.165) is 21.9 Å². The molecular formula is C20H22N4O3. The summed E-state index contributed by atoms with van der Waals surface area (Å²) in [5.74, 6) is -0.933. The first-order valence-corrected chi connectivity index (χ1v) is 8.50. The lowest BCUT2D eigenvalue weighted by Gasteiger charge is -2.17. The van der Waals surface area contributed by atoms with Gasteiger partial charge in [-0.25, -0.2) is 9.69 Å². The minimum Gasteiger partial charge on any atom is -0.359 e. The number of aromatic nitrogens is 1. The van der Waals surface area contributed by atoms with E-state index in [1.54, 1.807) is 30.3 Å². The zero-order chi connectivity index (χ0) is 20.4. The van der Waals surface area contributed by atoms with Crippen molar-refractivity contribution in [1.29, 1.82) is 0 Å². The molecule has 0 saturated heterocycles. The number of rotatable bonds is 4. The van der Waals surface area contributed by atoms with E-state index >= 15 is 0 Å². The first-order valence-electron chi connectivity index (χ1n) is 9.21. The predicted molar refractivity (Wildman–Crippen MR) is 104 cm³/mol. The summed E-state index contributed by atoms with van der Waals surface area (Å²) >= 11 is 0. The lowest BCUT2D eigenvalue weighted by Crippen LogP contribution is -2.47. The summed E-state index contributed by atoms with van der Waals surface area (Å²) in [7, 11) is 0. The van der Waals surface area contributed by atoms with Crippen molar-refractivity contribution in [2.24, 2.45) is 5.73 Å². The van der Waals surface area contributed by atoms with Crippen LogP contribution in [0.2, 0.25) is 0 Å². The lowest BCUT2D eigenvalue weighted by atomic mass is 10.1. The number of anilines is 1. The Morgan fingerprint density at radius 1 is 1.37 bits per heavy atom. The highest BCUT2D eigenvalue weighted by Crippen LogP contribution is 2.37. The fourth-order valence-corrected chi connectivity index (χ4v) is 3.02. The normalized spacial score (nSPS) is 16.3. The van der Waals surface area contributed by atoms with Gasteiger partial charge >= 0.3 is 6.03 Å². The summed E-state index contributed by atoms with van der Waals surface area (Å²) in [5.41, 5.74) is 9.96. The van der Waals surface area contributed by atoms with E-state index in [1.165, 1.54) is 0 Å². The van der Waals surface area contributed by atoms with E-state index in [4.69, 9.17) is 7.10 Å². The first-order chi connectivity index (χ1) is 13.3. The van der Waals surface area contributed by atoms with Crippen LogP contribution in [0.15, 0.2) is 30.3 Å². The van der Waals surface area contributed by atoms with Gasteiger partial charge in [0.2, 0.25) is 0 Å². The minimum absolute atomic E-state index is 0.142. The van der Waals surface area contributed by atoms with Gasteiger partial charge in [-0.1, -0.05) is 18.2 Å². The molecule has 1 aromatic heterocycles. The van der Waals surface area contributed by atoms with Crippen LogP contribution in [0.25, 0.3) is 11.6 Å². The predicted octanol–water partition coefficient (Wildman–Crippen LogP) is 2.14. The van der Waals surface area contributed by atoms with Crippen molar-refractivity contribution < 1.29 is 15.8 Å². The van der Waals surface area contributed by atoms with Gasteiger partial charge in [0.25, 0.3) is 5.91 Å². The Hall–Kier alpha value is -3.19. The van der Waals surface area contributed by atoms with E-state index in [9.17, 15) is 14.4 Å². The van der Waals surface area contributed by atoms with Gasteiger partial charge in [-0.3, -0.25) is 9.59 Å². The maximum atomic E-state index is 13.0. The smallest absolute Gasteiger partial charge is 0.329 e. The largest absolute Gasteiger partial charge is 0.359 e. The molecule has 0 fully saturated rings. The zero-order valence-electron chi connectivity index (χ0n) is 16.2. The number of Topliss-reactive ketones (excluding diaryl/α,β-unsaturated/α-hetero) is 1. The van der Waals surface area contributed by atoms with Gasteiger partial charge in [-0.15, -0.1) is 0 Å². The SMILES string of the molecule is [3H]CC(=O)C(N)CNC(=O)N1C(=O)/C(=C\c2[nH]c(C)cc2C)c2ccccc21. The second kappa shape index (κ2) is 7.20. The number of H-pyrrole nitrogens is 1. The highest BCUT2D eigenvalue weighted by atomic mass is 16.2. The number of fused-ring (bicyclic) bond motifs is 1. The summed E-state index contributed by atoms with van der Waals surface area (Å²) in [4.78, 5) is 41.4. The number of nitrogens with two attached hydrogens (primary N) is 1. The third-order valence-corrected chi connectivity index (χ3v) is 4.44. The molecule has 0 aliphatic carbocycles. The van der Waals surface area contributed by atoms with Crippen LogP contribution in [0.4, 0.5) is 10.5 Å². The standard InChI is InChI=1S/C20H22N4O3/c1-11-8-12(2)23-17(11)9-15-14-6-4-5-7-18(14)24(19(15)26)20(27)22-10-16(21)13(3)25/h4-9,16,23H,10,21H2,1-3H3,(H,22,27)/b15-9-/i3T. The topological polar surface area (TPSA) is 108 Å². The van der Waals surface area contributed by atoms with Crippen molar-refractivity contribution in [1.82, 2.24) is 10.3 Å². The van der Waals surface area contributed by atoms with Gasteiger partial charge in [0.1, 0.15) is 5.78 Å². The molecule has 7 nitrogen and oxygen atoms in total. The third-order valence-electron chi connectivity index (χ3n) is 4.44. The number of urea groups is 1. The van der Waals surface area contributed by atoms with Crippen molar-refractivity contribution in [2.75, 3.05) is 11.4 Å². The Kier molecular flexibility index (Phi) is 4.60. The highest BCUT2D eigenvalue weighted by molar-refractivity contribution is 6.42. The Balaban J connectivity index is 1.90. The summed E-state index contributed by atoms with van der Waals surface area (Å²) in [6, 6.07) is 7.36. The second-order valence-corrected chi connectivity index (χ2v) is 6.52. The summed E-state index contributed by atoms with van der Waals surface area (Å²) < 4.78 is 7.06. The molecular weight excluding hydrogens is 344 g/mol. The van der Waals surface area contributed by atoms with Gasteiger partial charge in [-0.2, -0.15) is 0 Å². The number of hydrogen-bond donors (Lipinski definition) is 3. The molecule has 140 valence electrons. The number of ketones is 1. The van der Waals surface area contributed by atoms with Gasteiger partial charge in [0, 0.05) is 24.9 Å². The minimum atomic E-state index is -0.978. The molecule has 0 bridgehead atoms. The molecule has 7 heteroatoms. The Morgan fingerprint density at radius 2 is 2.11 bits per heavy atom. The van der Waals surface area contributed by atoms with E-state index in [2.05, 4.69) is 10.3 Å². The molecule has 1 aliphatic rings. The number of benzene rings is 1. The van der Waals surface area contributed by atoms with Crippen LogP contribution in [-0.2, 0) is 9.59 Å². The van der Waals surface area contributed by atoms with Gasteiger partial charge < -0.3 is 16.0 Å². The number of hydrogen-bond acceptors (Lipinski definition) is 4. The molecule has 1 atom stereocenters. The number of nitrogens with zero attached hydrogens (tertiary/aromatic N) is 1. The molecule has 0 saturated carbocycles. The average Bonchev–Trinajstić information content (AvgIpc) is 3.14. The number of imide groups is 1. The third kappa shape index (κ3) is 3.54. The molecule has 2 aromatic rings. The summed E-state index contributed by atoms with van der Waals surface area (Å²) in [5, 5.41) is 2.51. The molecule has 1 unspecified atom stereocenters. The lowest BCUT2D eigenvalue weighted by molar-refractivity contribution is -0.118. The van der Waals surface area contributed by atoms with Crippen LogP contribution >= 0.6 is 0 Å². The van der Waals surface area contributed by atoms with Crippen LogP contribution in [0.1, 0.15) is 30.8 Å². The molecule has 27 heavy (non-hydrogen) atoms. The van der Waals surface area contributed by atoms with Crippen molar-refractivity contribution in [2.45, 2.75) is 26.8 Å². The van der Waals surface area contributed by atoms with Crippen molar-refractivity contribution >= 4 is 35.1 Å². The second-order valence-electron chi connectivity index (χ2n) is 6.52. The van der Waals surface area contributed by atoms with Gasteiger partial charge in [0.15, 0.2) is 0 Å². The number of carbonyl (C=O) groups excluding carboxylic acids is 3. The van der Waals surface area contributed by atoms with Crippen LogP contribution in [0.3, 0.4) is 0 Å². The molecule has 3 rings (SSSR count). The van der Waals surface area contributed by atoms with E-state index in [1.807, 2.05) is 19.9 Å². The molecule has 0 spiro atoms. The van der Waals surface area contributed by atoms with Crippen LogP contribution < -0.4 is 16.0 Å². The monoisotopic (exact) mass is 368 g/mol. The quantitative estimate of drug-likeness (QED) is 0.719. The molecule has 0 radical (unpaired) electrons. The molecule has 1 aliphatic heterocycles. The maximum absolute atomic E-state index is 13.0. The number of aromatic amines is 1. The van der Waals surface area contributed by atoms with E-state index in [0.29, 0.717) is 16.8 Å². The number of carbonyl (C=O) groups is 3. The molecule has 2 heterocycles. The summed E-state index contributed by atoms with van der Waals surface area (Å²) in [6.45, 7) is 3.28. The fraction of sp³-hybridized carbons (Fsp3) is 0.250. The van der Waals surface area contributed by atoms with Crippen molar-refractivity contribution in [3.63, 3.8) is 0 Å². The number of nitrogens with one attached hydrogen (secondary N) is 2. The number of para-hydroxylation sites is 1. The first kappa shape index (κ1) is 17.2. The maximum Gasteiger partial charge on any atom is 0.329 e. The summed E-state index contributed by atoms with van der Waals surface area (Å²) in [6.07, 6.45) is 1.74. The zero-order valence-corrected chi connectivity index (χ0v) is 15.2.